The monoisotopic (exact) mass is 251 g/mol. The van der Waals surface area contributed by atoms with Gasteiger partial charge in [0, 0.05) is 17.8 Å². The van der Waals surface area contributed by atoms with Crippen molar-refractivity contribution in [3.8, 4) is 6.07 Å². The van der Waals surface area contributed by atoms with Gasteiger partial charge in [0.2, 0.25) is 0 Å². The van der Waals surface area contributed by atoms with Crippen molar-refractivity contribution in [1.82, 2.24) is 0 Å². The standard InChI is InChI=1S/C15H25NO2/c1-3-11(2)14-9-17-15(18-10-14)13-6-4-12(8-16)5-7-13/h11-15H,3-7,9-10H2,1-2H3/t11?,12?,13?,14-,15-. The molecule has 1 atom stereocenters. The molecule has 102 valence electrons. The van der Waals surface area contributed by atoms with Gasteiger partial charge in [-0.05, 0) is 31.6 Å². The zero-order chi connectivity index (χ0) is 13.0. The maximum Gasteiger partial charge on any atom is 0.160 e. The highest BCUT2D eigenvalue weighted by Gasteiger charge is 2.33. The van der Waals surface area contributed by atoms with Gasteiger partial charge in [-0.3, -0.25) is 0 Å². The summed E-state index contributed by atoms with van der Waals surface area (Å²) in [7, 11) is 0. The Kier molecular flexibility index (Phi) is 5.03. The predicted octanol–water partition coefficient (Wildman–Crippen LogP) is 3.35. The third-order valence-corrected chi connectivity index (χ3v) is 4.74. The number of ether oxygens (including phenoxy) is 2. The van der Waals surface area contributed by atoms with Gasteiger partial charge >= 0.3 is 0 Å². The largest absolute Gasteiger partial charge is 0.352 e. The quantitative estimate of drug-likeness (QED) is 0.772. The lowest BCUT2D eigenvalue weighted by molar-refractivity contribution is -0.234. The van der Waals surface area contributed by atoms with Crippen molar-refractivity contribution in [2.45, 2.75) is 52.2 Å². The van der Waals surface area contributed by atoms with E-state index in [0.29, 0.717) is 17.8 Å². The first-order chi connectivity index (χ1) is 8.74. The number of nitriles is 1. The van der Waals surface area contributed by atoms with Gasteiger partial charge in [0.1, 0.15) is 0 Å². The summed E-state index contributed by atoms with van der Waals surface area (Å²) in [6.07, 6.45) is 5.37. The summed E-state index contributed by atoms with van der Waals surface area (Å²) in [5.74, 6) is 2.01. The average molecular weight is 251 g/mol. The Bertz CT molecular complexity index is 283. The third-order valence-electron chi connectivity index (χ3n) is 4.74. The zero-order valence-electron chi connectivity index (χ0n) is 11.6. The van der Waals surface area contributed by atoms with Crippen LogP contribution in [0, 0.1) is 35.0 Å². The topological polar surface area (TPSA) is 42.2 Å². The Morgan fingerprint density at radius 2 is 1.78 bits per heavy atom. The fourth-order valence-electron chi connectivity index (χ4n) is 2.99. The molecule has 0 radical (unpaired) electrons. The number of hydrogen-bond acceptors (Lipinski definition) is 3. The molecule has 1 heterocycles. The Hall–Kier alpha value is -0.590. The number of rotatable bonds is 3. The fourth-order valence-corrected chi connectivity index (χ4v) is 2.99. The second-order valence-electron chi connectivity index (χ2n) is 5.92. The zero-order valence-corrected chi connectivity index (χ0v) is 11.6. The molecule has 1 saturated carbocycles. The maximum atomic E-state index is 8.90. The second-order valence-corrected chi connectivity index (χ2v) is 5.92. The summed E-state index contributed by atoms with van der Waals surface area (Å²) in [5, 5.41) is 8.90. The van der Waals surface area contributed by atoms with E-state index in [-0.39, 0.29) is 12.2 Å². The van der Waals surface area contributed by atoms with Gasteiger partial charge in [0.05, 0.1) is 19.3 Å². The molecule has 2 rings (SSSR count). The van der Waals surface area contributed by atoms with Crippen molar-refractivity contribution < 1.29 is 9.47 Å². The molecule has 1 saturated heterocycles. The summed E-state index contributed by atoms with van der Waals surface area (Å²) in [5.41, 5.74) is 0. The minimum atomic E-state index is -0.00931. The summed E-state index contributed by atoms with van der Waals surface area (Å²) >= 11 is 0. The Morgan fingerprint density at radius 3 is 2.28 bits per heavy atom. The van der Waals surface area contributed by atoms with Crippen LogP contribution in [0.2, 0.25) is 0 Å². The first kappa shape index (κ1) is 13.8. The minimum Gasteiger partial charge on any atom is -0.352 e. The molecule has 0 N–H and O–H groups in total. The van der Waals surface area contributed by atoms with Crippen molar-refractivity contribution in [2.24, 2.45) is 23.7 Å². The van der Waals surface area contributed by atoms with E-state index in [1.165, 1.54) is 6.42 Å². The summed E-state index contributed by atoms with van der Waals surface area (Å²) < 4.78 is 11.8. The lowest BCUT2D eigenvalue weighted by atomic mass is 9.82. The van der Waals surface area contributed by atoms with Crippen LogP contribution >= 0.6 is 0 Å². The predicted molar refractivity (Wildman–Crippen MR) is 69.7 cm³/mol. The molecule has 1 aliphatic heterocycles. The van der Waals surface area contributed by atoms with E-state index >= 15 is 0 Å². The molecule has 0 aromatic heterocycles. The van der Waals surface area contributed by atoms with Crippen LogP contribution in [0.4, 0.5) is 0 Å². The second kappa shape index (κ2) is 6.54. The molecule has 0 bridgehead atoms. The van der Waals surface area contributed by atoms with E-state index in [4.69, 9.17) is 14.7 Å². The van der Waals surface area contributed by atoms with Crippen LogP contribution in [0.5, 0.6) is 0 Å². The first-order valence-electron chi connectivity index (χ1n) is 7.37. The van der Waals surface area contributed by atoms with Gasteiger partial charge in [-0.15, -0.1) is 0 Å². The van der Waals surface area contributed by atoms with E-state index in [1.807, 2.05) is 0 Å². The SMILES string of the molecule is CCC(C)[C@H]1CO[C@H](C2CCC(C#N)CC2)OC1. The van der Waals surface area contributed by atoms with Gasteiger partial charge in [-0.1, -0.05) is 20.3 Å². The molecule has 1 unspecified atom stereocenters. The normalized spacial score (nSPS) is 38.9. The van der Waals surface area contributed by atoms with Gasteiger partial charge < -0.3 is 9.47 Å². The summed E-state index contributed by atoms with van der Waals surface area (Å²) in [6, 6.07) is 2.38. The molecule has 3 nitrogen and oxygen atoms in total. The Morgan fingerprint density at radius 1 is 1.17 bits per heavy atom. The molecule has 18 heavy (non-hydrogen) atoms. The van der Waals surface area contributed by atoms with Crippen LogP contribution in [0.15, 0.2) is 0 Å². The van der Waals surface area contributed by atoms with Gasteiger partial charge in [-0.25, -0.2) is 0 Å². The molecule has 1 aliphatic carbocycles. The fraction of sp³-hybridized carbons (Fsp3) is 0.933. The molecule has 2 fully saturated rings. The number of hydrogen-bond donors (Lipinski definition) is 0. The van der Waals surface area contributed by atoms with Gasteiger partial charge in [-0.2, -0.15) is 5.26 Å². The van der Waals surface area contributed by atoms with Crippen LogP contribution in [0.25, 0.3) is 0 Å². The molecule has 0 aromatic rings. The smallest absolute Gasteiger partial charge is 0.160 e. The maximum absolute atomic E-state index is 8.90. The lowest BCUT2D eigenvalue weighted by Crippen LogP contribution is -2.40. The Balaban J connectivity index is 1.75. The van der Waals surface area contributed by atoms with E-state index in [0.717, 1.165) is 38.9 Å². The van der Waals surface area contributed by atoms with Crippen LogP contribution in [0.3, 0.4) is 0 Å². The first-order valence-corrected chi connectivity index (χ1v) is 7.37. The van der Waals surface area contributed by atoms with Gasteiger partial charge in [0.15, 0.2) is 6.29 Å². The summed E-state index contributed by atoms with van der Waals surface area (Å²) in [4.78, 5) is 0. The van der Waals surface area contributed by atoms with E-state index in [2.05, 4.69) is 19.9 Å². The van der Waals surface area contributed by atoms with E-state index in [1.54, 1.807) is 0 Å². The molecule has 0 spiro atoms. The molecule has 0 amide bonds. The molecule has 0 aromatic carbocycles. The van der Waals surface area contributed by atoms with E-state index < -0.39 is 0 Å². The molecule has 2 aliphatic rings. The van der Waals surface area contributed by atoms with Crippen molar-refractivity contribution in [2.75, 3.05) is 13.2 Å². The highest BCUT2D eigenvalue weighted by Crippen LogP contribution is 2.34. The number of nitrogens with zero attached hydrogens (tertiary/aromatic N) is 1. The van der Waals surface area contributed by atoms with Crippen LogP contribution in [0.1, 0.15) is 46.0 Å². The van der Waals surface area contributed by atoms with Crippen molar-refractivity contribution in [1.29, 1.82) is 5.26 Å². The lowest BCUT2D eigenvalue weighted by Gasteiger charge is -2.38. The Labute approximate surface area is 110 Å². The van der Waals surface area contributed by atoms with Crippen molar-refractivity contribution >= 4 is 0 Å². The van der Waals surface area contributed by atoms with Crippen LogP contribution < -0.4 is 0 Å². The van der Waals surface area contributed by atoms with Crippen molar-refractivity contribution in [3.05, 3.63) is 0 Å². The highest BCUT2D eigenvalue weighted by atomic mass is 16.7. The van der Waals surface area contributed by atoms with Crippen LogP contribution in [-0.4, -0.2) is 19.5 Å². The molecular formula is C15H25NO2. The van der Waals surface area contributed by atoms with Crippen LogP contribution in [-0.2, 0) is 9.47 Å². The van der Waals surface area contributed by atoms with Crippen molar-refractivity contribution in [3.63, 3.8) is 0 Å². The minimum absolute atomic E-state index is 0.00931. The van der Waals surface area contributed by atoms with Gasteiger partial charge in [0.25, 0.3) is 0 Å². The summed E-state index contributed by atoms with van der Waals surface area (Å²) in [6.45, 7) is 6.19. The molecule has 3 heteroatoms. The highest BCUT2D eigenvalue weighted by molar-refractivity contribution is 4.88. The average Bonchev–Trinajstić information content (AvgIpc) is 2.47. The molecular weight excluding hydrogens is 226 g/mol. The third kappa shape index (κ3) is 3.24. The van der Waals surface area contributed by atoms with E-state index in [9.17, 15) is 0 Å².